The van der Waals surface area contributed by atoms with Crippen molar-refractivity contribution in [2.75, 3.05) is 0 Å². The number of carbonyl (C=O) groups is 1. The number of rotatable bonds is 11. The fourth-order valence-corrected chi connectivity index (χ4v) is 8.92. The third-order valence-corrected chi connectivity index (χ3v) is 13.4. The Morgan fingerprint density at radius 1 is 0.870 bits per heavy atom. The first-order chi connectivity index (χ1) is 25.0. The van der Waals surface area contributed by atoms with Crippen molar-refractivity contribution in [3.05, 3.63) is 100 Å². The molecule has 0 aliphatic heterocycles. The number of hydrogen-bond acceptors (Lipinski definition) is 5. The second kappa shape index (κ2) is 17.8. The molecule has 0 saturated heterocycles. The molecule has 3 aromatic carbocycles. The quantitative estimate of drug-likeness (QED) is 0.0800. The summed E-state index contributed by atoms with van der Waals surface area (Å²) in [5.74, 6) is 0.955. The maximum atomic E-state index is 12.2. The van der Waals surface area contributed by atoms with Gasteiger partial charge in [-0.25, -0.2) is 0 Å². The second-order valence-corrected chi connectivity index (χ2v) is 18.7. The molecule has 0 bridgehead atoms. The maximum absolute atomic E-state index is 12.2. The number of hydrogen-bond donors (Lipinski definition) is 1. The van der Waals surface area contributed by atoms with Crippen molar-refractivity contribution in [2.24, 2.45) is 16.7 Å². The van der Waals surface area contributed by atoms with Crippen LogP contribution in [0.3, 0.4) is 0 Å². The van der Waals surface area contributed by atoms with E-state index in [0.29, 0.717) is 5.92 Å². The summed E-state index contributed by atoms with van der Waals surface area (Å²) in [7, 11) is 0. The molecule has 6 rings (SSSR count). The topological polar surface area (TPSA) is 50.2 Å². The molecular weight excluding hydrogens is 879 g/mol. The molecule has 1 radical (unpaired) electrons. The molecule has 0 amide bonds. The molecule has 6 heteroatoms. The second-order valence-electron chi connectivity index (χ2n) is 16.6. The molecule has 0 unspecified atom stereocenters. The maximum Gasteiger partial charge on any atom is 0.164 e. The number of nitrogens with zero attached hydrogens (tertiary/aromatic N) is 1. The smallest absolute Gasteiger partial charge is 0.164 e. The Hall–Kier alpha value is -3.15. The molecule has 0 saturated carbocycles. The molecule has 3 nitrogen and oxygen atoms in total. The molecule has 0 aliphatic rings. The van der Waals surface area contributed by atoms with Crippen LogP contribution in [0.15, 0.2) is 83.9 Å². The van der Waals surface area contributed by atoms with Gasteiger partial charge in [0.1, 0.15) is 5.76 Å². The standard InChI is InChI=1S/C33H30NS2.C15H28O2.Ir/c1-20(2)14-25-16-23-11-10-22(18-31(23)36-25)27-19-30(34-29-12-13-35-32(27)29)24-15-21-8-6-7-9-26(21)28(17-24)33(3,4)5;1-7-14(5,8-2)12(16)11-13(17)15(6,9-3)10-4;/h6-13,16-20H,14H2,1-5H3;11,16H,7-10H2,1-6H3;/q-1;;/b;12-11-;. The van der Waals surface area contributed by atoms with Gasteiger partial charge in [0.05, 0.1) is 10.2 Å². The summed E-state index contributed by atoms with van der Waals surface area (Å²) < 4.78 is 2.60. The Balaban J connectivity index is 0.000000309. The minimum atomic E-state index is -0.337. The van der Waals surface area contributed by atoms with E-state index in [1.807, 2.05) is 52.9 Å². The fraction of sp³-hybridized carbons (Fsp3) is 0.417. The van der Waals surface area contributed by atoms with Gasteiger partial charge in [-0.2, -0.15) is 0 Å². The predicted molar refractivity (Wildman–Crippen MR) is 233 cm³/mol. The summed E-state index contributed by atoms with van der Waals surface area (Å²) >= 11 is 3.70. The van der Waals surface area contributed by atoms with E-state index < -0.39 is 0 Å². The van der Waals surface area contributed by atoms with E-state index >= 15 is 0 Å². The average Bonchev–Trinajstić information content (AvgIpc) is 3.79. The van der Waals surface area contributed by atoms with Crippen LogP contribution in [0, 0.1) is 22.8 Å². The van der Waals surface area contributed by atoms with Crippen LogP contribution in [-0.4, -0.2) is 15.9 Å². The number of aliphatic hydroxyl groups excluding tert-OH is 1. The Morgan fingerprint density at radius 2 is 1.54 bits per heavy atom. The zero-order valence-electron chi connectivity index (χ0n) is 34.1. The first-order valence-corrected chi connectivity index (χ1v) is 21.1. The molecule has 289 valence electrons. The monoisotopic (exact) mass is 937 g/mol. The van der Waals surface area contributed by atoms with Crippen LogP contribution in [0.4, 0.5) is 0 Å². The van der Waals surface area contributed by atoms with E-state index in [1.165, 1.54) is 47.8 Å². The van der Waals surface area contributed by atoms with Crippen LogP contribution >= 0.6 is 22.7 Å². The minimum absolute atomic E-state index is 0. The number of aliphatic hydroxyl groups is 1. The van der Waals surface area contributed by atoms with Crippen molar-refractivity contribution in [2.45, 2.75) is 114 Å². The third-order valence-electron chi connectivity index (χ3n) is 11.4. The van der Waals surface area contributed by atoms with Gasteiger partial charge in [-0.1, -0.05) is 124 Å². The molecule has 1 N–H and O–H groups in total. The first kappa shape index (κ1) is 43.6. The Bertz CT molecular complexity index is 2240. The van der Waals surface area contributed by atoms with Gasteiger partial charge in [0.15, 0.2) is 5.78 Å². The predicted octanol–water partition coefficient (Wildman–Crippen LogP) is 14.9. The first-order valence-electron chi connectivity index (χ1n) is 19.4. The number of pyridine rings is 1. The number of aromatic nitrogens is 1. The average molecular weight is 937 g/mol. The van der Waals surface area contributed by atoms with Gasteiger partial charge in [-0.05, 0) is 83.5 Å². The number of thiophene rings is 2. The molecule has 0 fully saturated rings. The molecular formula is C48H58IrNO2S2-. The molecule has 54 heavy (non-hydrogen) atoms. The van der Waals surface area contributed by atoms with Gasteiger partial charge in [0.25, 0.3) is 0 Å². The van der Waals surface area contributed by atoms with Crippen molar-refractivity contribution in [1.82, 2.24) is 4.98 Å². The van der Waals surface area contributed by atoms with Crippen LogP contribution in [0.5, 0.6) is 0 Å². The SMILES string of the molecule is CC(C)Cc1cc2ccc(-c3cc(-c4[c-]c5ccccc5c(C(C)(C)C)c4)nc4ccsc34)cc2s1.CCC(C)(CC)C(=O)/C=C(\O)C(C)(CC)CC.[Ir]. The summed E-state index contributed by atoms with van der Waals surface area (Å²) in [5.41, 5.74) is 6.36. The van der Waals surface area contributed by atoms with E-state index in [2.05, 4.69) is 113 Å². The molecule has 0 aliphatic carbocycles. The van der Waals surface area contributed by atoms with Crippen molar-refractivity contribution in [3.8, 4) is 22.4 Å². The van der Waals surface area contributed by atoms with Gasteiger partial charge in [-0.15, -0.1) is 51.8 Å². The number of fused-ring (bicyclic) bond motifs is 3. The van der Waals surface area contributed by atoms with Crippen LogP contribution < -0.4 is 0 Å². The van der Waals surface area contributed by atoms with Gasteiger partial charge >= 0.3 is 0 Å². The van der Waals surface area contributed by atoms with Gasteiger partial charge < -0.3 is 5.11 Å². The molecule has 0 spiro atoms. The summed E-state index contributed by atoms with van der Waals surface area (Å²) in [6.07, 6.45) is 5.89. The summed E-state index contributed by atoms with van der Waals surface area (Å²) in [6.45, 7) is 23.5. The molecule has 6 aromatic rings. The van der Waals surface area contributed by atoms with E-state index in [1.54, 1.807) is 11.3 Å². The molecule has 3 aromatic heterocycles. The number of allylic oxidation sites excluding steroid dienone is 2. The normalized spacial score (nSPS) is 12.6. The van der Waals surface area contributed by atoms with Crippen LogP contribution in [-0.2, 0) is 36.7 Å². The summed E-state index contributed by atoms with van der Waals surface area (Å²) in [6, 6.07) is 28.3. The number of ketones is 1. The largest absolute Gasteiger partial charge is 0.512 e. The summed E-state index contributed by atoms with van der Waals surface area (Å²) in [4.78, 5) is 18.7. The van der Waals surface area contributed by atoms with Gasteiger partial charge in [0, 0.05) is 52.3 Å². The van der Waals surface area contributed by atoms with Crippen LogP contribution in [0.2, 0.25) is 0 Å². The Kier molecular flexibility index (Phi) is 14.3. The fourth-order valence-electron chi connectivity index (χ4n) is 6.74. The minimum Gasteiger partial charge on any atom is -0.512 e. The van der Waals surface area contributed by atoms with Gasteiger partial charge in [0.2, 0.25) is 0 Å². The van der Waals surface area contributed by atoms with Crippen molar-refractivity contribution < 1.29 is 30.0 Å². The number of benzene rings is 3. The van der Waals surface area contributed by atoms with Crippen LogP contribution in [0.25, 0.3) is 53.5 Å². The van der Waals surface area contributed by atoms with Gasteiger partial charge in [-0.3, -0.25) is 9.78 Å². The number of carbonyl (C=O) groups excluding carboxylic acids is 1. The summed E-state index contributed by atoms with van der Waals surface area (Å²) in [5, 5.41) is 16.0. The van der Waals surface area contributed by atoms with E-state index in [4.69, 9.17) is 4.98 Å². The molecule has 3 heterocycles. The Labute approximate surface area is 345 Å². The third kappa shape index (κ3) is 9.44. The van der Waals surface area contributed by atoms with Crippen molar-refractivity contribution in [3.63, 3.8) is 0 Å². The van der Waals surface area contributed by atoms with Crippen LogP contribution in [0.1, 0.15) is 112 Å². The zero-order chi connectivity index (χ0) is 38.7. The van der Waals surface area contributed by atoms with E-state index in [0.717, 1.165) is 54.3 Å². The Morgan fingerprint density at radius 3 is 2.17 bits per heavy atom. The van der Waals surface area contributed by atoms with E-state index in [9.17, 15) is 9.90 Å². The van der Waals surface area contributed by atoms with Crippen molar-refractivity contribution >= 4 is 59.5 Å². The molecule has 0 atom stereocenters. The van der Waals surface area contributed by atoms with E-state index in [-0.39, 0.29) is 47.9 Å². The van der Waals surface area contributed by atoms with Crippen molar-refractivity contribution in [1.29, 1.82) is 0 Å². The zero-order valence-corrected chi connectivity index (χ0v) is 38.1.